The molecule has 0 amide bonds. The summed E-state index contributed by atoms with van der Waals surface area (Å²) in [6.07, 6.45) is 0.695. The minimum absolute atomic E-state index is 0.425. The highest BCUT2D eigenvalue weighted by atomic mass is 35.5. The highest BCUT2D eigenvalue weighted by Crippen LogP contribution is 2.30. The molecule has 0 radical (unpaired) electrons. The fraction of sp³-hybridized carbons (Fsp3) is 0. The number of thiophene rings is 1. The first-order chi connectivity index (χ1) is 6.76. The van der Waals surface area contributed by atoms with Crippen molar-refractivity contribution in [2.75, 3.05) is 0 Å². The molecule has 0 unspecified atom stereocenters. The topological polar surface area (TPSA) is 40.9 Å². The highest BCUT2D eigenvalue weighted by Gasteiger charge is 2.07. The summed E-state index contributed by atoms with van der Waals surface area (Å²) in [6.45, 7) is 0. The number of carbonyl (C=O) groups excluding carboxylic acids is 1. The van der Waals surface area contributed by atoms with Gasteiger partial charge < -0.3 is 0 Å². The molecular formula is C10H4ClNOS. The molecule has 0 aliphatic rings. The van der Waals surface area contributed by atoms with E-state index in [9.17, 15) is 4.79 Å². The van der Waals surface area contributed by atoms with Crippen LogP contribution in [0.4, 0.5) is 0 Å². The van der Waals surface area contributed by atoms with Gasteiger partial charge in [-0.2, -0.15) is 5.26 Å². The smallest absolute Gasteiger partial charge is 0.151 e. The Morgan fingerprint density at radius 1 is 1.50 bits per heavy atom. The van der Waals surface area contributed by atoms with Gasteiger partial charge in [-0.3, -0.25) is 4.79 Å². The van der Waals surface area contributed by atoms with Crippen LogP contribution in [0.5, 0.6) is 0 Å². The second kappa shape index (κ2) is 3.41. The van der Waals surface area contributed by atoms with Crippen molar-refractivity contribution in [2.24, 2.45) is 0 Å². The number of hydrogen-bond acceptors (Lipinski definition) is 3. The Kier molecular flexibility index (Phi) is 2.24. The van der Waals surface area contributed by atoms with Gasteiger partial charge in [-0.05, 0) is 12.1 Å². The van der Waals surface area contributed by atoms with Crippen LogP contribution in [0.25, 0.3) is 10.1 Å². The third-order valence-corrected chi connectivity index (χ3v) is 3.21. The second-order valence-corrected chi connectivity index (χ2v) is 4.07. The molecule has 0 saturated carbocycles. The minimum Gasteiger partial charge on any atom is -0.298 e. The molecule has 1 heterocycles. The molecule has 4 heteroatoms. The molecule has 68 valence electrons. The van der Waals surface area contributed by atoms with Gasteiger partial charge in [-0.15, -0.1) is 11.3 Å². The number of carbonyl (C=O) groups is 1. The van der Waals surface area contributed by atoms with Crippen LogP contribution >= 0.6 is 22.9 Å². The molecule has 0 fully saturated rings. The van der Waals surface area contributed by atoms with Gasteiger partial charge in [0.2, 0.25) is 0 Å². The van der Waals surface area contributed by atoms with Crippen molar-refractivity contribution in [3.8, 4) is 6.07 Å². The van der Waals surface area contributed by atoms with Gasteiger partial charge in [0.05, 0.1) is 10.6 Å². The van der Waals surface area contributed by atoms with Crippen molar-refractivity contribution < 1.29 is 4.79 Å². The van der Waals surface area contributed by atoms with Crippen molar-refractivity contribution in [2.45, 2.75) is 0 Å². The van der Waals surface area contributed by atoms with Crippen LogP contribution in [-0.4, -0.2) is 6.29 Å². The fourth-order valence-electron chi connectivity index (χ4n) is 1.24. The monoisotopic (exact) mass is 221 g/mol. The summed E-state index contributed by atoms with van der Waals surface area (Å²) in [5.41, 5.74) is 1.01. The molecule has 14 heavy (non-hydrogen) atoms. The predicted molar refractivity (Wildman–Crippen MR) is 56.9 cm³/mol. The summed E-state index contributed by atoms with van der Waals surface area (Å²) in [4.78, 5) is 10.6. The maximum Gasteiger partial charge on any atom is 0.151 e. The minimum atomic E-state index is 0.425. The summed E-state index contributed by atoms with van der Waals surface area (Å²) in [6, 6.07) is 5.44. The average molecular weight is 222 g/mol. The van der Waals surface area contributed by atoms with Crippen molar-refractivity contribution in [3.05, 3.63) is 33.7 Å². The summed E-state index contributed by atoms with van der Waals surface area (Å²) in [5.74, 6) is 0. The Labute approximate surface area is 89.3 Å². The van der Waals surface area contributed by atoms with Gasteiger partial charge in [-0.25, -0.2) is 0 Å². The SMILES string of the molecule is N#Cc1csc2cc(Cl)c(C=O)cc12. The molecule has 0 spiro atoms. The Bertz CT molecular complexity index is 553. The van der Waals surface area contributed by atoms with E-state index in [0.29, 0.717) is 22.4 Å². The number of aldehydes is 1. The van der Waals surface area contributed by atoms with E-state index in [4.69, 9.17) is 16.9 Å². The zero-order chi connectivity index (χ0) is 10.1. The Balaban J connectivity index is 2.85. The van der Waals surface area contributed by atoms with Crippen LogP contribution < -0.4 is 0 Å². The van der Waals surface area contributed by atoms with Crippen molar-refractivity contribution in [1.29, 1.82) is 5.26 Å². The van der Waals surface area contributed by atoms with E-state index in [1.807, 2.05) is 0 Å². The van der Waals surface area contributed by atoms with Crippen LogP contribution in [0.15, 0.2) is 17.5 Å². The van der Waals surface area contributed by atoms with E-state index in [2.05, 4.69) is 6.07 Å². The molecular weight excluding hydrogens is 218 g/mol. The van der Waals surface area contributed by atoms with E-state index in [1.165, 1.54) is 11.3 Å². The van der Waals surface area contributed by atoms with Crippen LogP contribution in [-0.2, 0) is 0 Å². The summed E-state index contributed by atoms with van der Waals surface area (Å²) in [7, 11) is 0. The number of nitriles is 1. The van der Waals surface area contributed by atoms with Gasteiger partial charge in [0.1, 0.15) is 6.07 Å². The molecule has 1 aromatic heterocycles. The number of fused-ring (bicyclic) bond motifs is 1. The molecule has 0 aliphatic carbocycles. The predicted octanol–water partition coefficient (Wildman–Crippen LogP) is 3.24. The quantitative estimate of drug-likeness (QED) is 0.694. The van der Waals surface area contributed by atoms with E-state index in [0.717, 1.165) is 10.1 Å². The van der Waals surface area contributed by atoms with Gasteiger partial charge >= 0.3 is 0 Å². The molecule has 0 N–H and O–H groups in total. The normalized spacial score (nSPS) is 10.0. The standard InChI is InChI=1S/C10H4ClNOS/c11-9-2-10-8(1-6(9)4-13)7(3-12)5-14-10/h1-2,4-5H. The highest BCUT2D eigenvalue weighted by molar-refractivity contribution is 7.17. The molecule has 0 atom stereocenters. The molecule has 2 rings (SSSR count). The first-order valence-corrected chi connectivity index (χ1v) is 5.08. The number of rotatable bonds is 1. The lowest BCUT2D eigenvalue weighted by Gasteiger charge is -1.96. The number of nitrogens with zero attached hydrogens (tertiary/aromatic N) is 1. The molecule has 2 aromatic rings. The first kappa shape index (κ1) is 9.20. The maximum atomic E-state index is 10.6. The lowest BCUT2D eigenvalue weighted by atomic mass is 10.1. The maximum absolute atomic E-state index is 10.6. The molecule has 0 aliphatic heterocycles. The van der Waals surface area contributed by atoms with E-state index < -0.39 is 0 Å². The molecule has 0 bridgehead atoms. The fourth-order valence-corrected chi connectivity index (χ4v) is 2.42. The van der Waals surface area contributed by atoms with Crippen LogP contribution in [0.2, 0.25) is 5.02 Å². The molecule has 2 nitrogen and oxygen atoms in total. The van der Waals surface area contributed by atoms with E-state index in [1.54, 1.807) is 17.5 Å². The summed E-state index contributed by atoms with van der Waals surface area (Å²) >= 11 is 7.30. The largest absolute Gasteiger partial charge is 0.298 e. The lowest BCUT2D eigenvalue weighted by Crippen LogP contribution is -1.81. The van der Waals surface area contributed by atoms with Gasteiger partial charge in [0.25, 0.3) is 0 Å². The van der Waals surface area contributed by atoms with Crippen molar-refractivity contribution in [3.63, 3.8) is 0 Å². The van der Waals surface area contributed by atoms with Crippen molar-refractivity contribution >= 4 is 39.3 Å². The zero-order valence-electron chi connectivity index (χ0n) is 6.95. The third kappa shape index (κ3) is 1.29. The van der Waals surface area contributed by atoms with Crippen LogP contribution in [0, 0.1) is 11.3 Å². The van der Waals surface area contributed by atoms with Gasteiger partial charge in [0, 0.05) is 21.0 Å². The molecule has 0 saturated heterocycles. The number of benzene rings is 1. The lowest BCUT2D eigenvalue weighted by molar-refractivity contribution is 0.112. The van der Waals surface area contributed by atoms with Crippen molar-refractivity contribution in [1.82, 2.24) is 0 Å². The third-order valence-electron chi connectivity index (χ3n) is 1.94. The summed E-state index contributed by atoms with van der Waals surface area (Å²) in [5, 5.41) is 11.8. The zero-order valence-corrected chi connectivity index (χ0v) is 8.52. The molecule has 1 aromatic carbocycles. The van der Waals surface area contributed by atoms with E-state index >= 15 is 0 Å². The summed E-state index contributed by atoms with van der Waals surface area (Å²) < 4.78 is 0.928. The Morgan fingerprint density at radius 2 is 2.29 bits per heavy atom. The first-order valence-electron chi connectivity index (χ1n) is 3.82. The number of hydrogen-bond donors (Lipinski definition) is 0. The second-order valence-electron chi connectivity index (χ2n) is 2.75. The van der Waals surface area contributed by atoms with Gasteiger partial charge in [0.15, 0.2) is 6.29 Å². The van der Waals surface area contributed by atoms with Crippen LogP contribution in [0.3, 0.4) is 0 Å². The van der Waals surface area contributed by atoms with Gasteiger partial charge in [-0.1, -0.05) is 11.6 Å². The number of halogens is 1. The average Bonchev–Trinajstić information content (AvgIpc) is 2.58. The Hall–Kier alpha value is -1.37. The Morgan fingerprint density at radius 3 is 2.93 bits per heavy atom. The van der Waals surface area contributed by atoms with E-state index in [-0.39, 0.29) is 0 Å². The van der Waals surface area contributed by atoms with Crippen LogP contribution in [0.1, 0.15) is 15.9 Å².